The average Bonchev–Trinajstić information content (AvgIpc) is 2.48. The van der Waals surface area contributed by atoms with Gasteiger partial charge in [0, 0.05) is 6.54 Å². The Morgan fingerprint density at radius 2 is 2.14 bits per heavy atom. The minimum absolute atomic E-state index is 0.0170. The largest absolute Gasteiger partial charge is 0.490 e. The number of nitrogens with zero attached hydrogens (tertiary/aromatic N) is 2. The predicted molar refractivity (Wildman–Crippen MR) is 83.0 cm³/mol. The van der Waals surface area contributed by atoms with Crippen molar-refractivity contribution in [2.75, 3.05) is 39.1 Å². The molecule has 6 heteroatoms. The highest BCUT2D eigenvalue weighted by Crippen LogP contribution is 2.34. The third kappa shape index (κ3) is 4.07. The van der Waals surface area contributed by atoms with Gasteiger partial charge < -0.3 is 15.0 Å². The number of methoxy groups -OCH3 is 1. The molecule has 0 aliphatic carbocycles. The van der Waals surface area contributed by atoms with Crippen LogP contribution in [-0.4, -0.2) is 43.6 Å². The van der Waals surface area contributed by atoms with E-state index in [9.17, 15) is 10.1 Å². The van der Waals surface area contributed by atoms with Crippen molar-refractivity contribution in [2.24, 2.45) is 5.92 Å². The molecular formula is C15H23N3O3. The second kappa shape index (κ2) is 7.26. The normalized spacial score (nSPS) is 16.7. The summed E-state index contributed by atoms with van der Waals surface area (Å²) in [6.45, 7) is 3.04. The summed E-state index contributed by atoms with van der Waals surface area (Å²) in [5.74, 6) is 1.00. The quantitative estimate of drug-likeness (QED) is 0.645. The van der Waals surface area contributed by atoms with Gasteiger partial charge in [-0.1, -0.05) is 6.07 Å². The smallest absolute Gasteiger partial charge is 0.333 e. The SMILES string of the molecule is COc1cccc(NCCC2CCN(C)CC2)c1[N+](=O)[O-]. The van der Waals surface area contributed by atoms with Gasteiger partial charge in [-0.2, -0.15) is 0 Å². The lowest BCUT2D eigenvalue weighted by molar-refractivity contribution is -0.384. The number of nitro groups is 1. The van der Waals surface area contributed by atoms with E-state index < -0.39 is 4.92 Å². The van der Waals surface area contributed by atoms with Gasteiger partial charge in [0.2, 0.25) is 0 Å². The van der Waals surface area contributed by atoms with Crippen molar-refractivity contribution in [3.8, 4) is 5.75 Å². The molecule has 1 heterocycles. The maximum atomic E-state index is 11.2. The standard InChI is InChI=1S/C15H23N3O3/c1-17-10-7-12(8-11-17)6-9-16-13-4-3-5-14(21-2)15(13)18(19)20/h3-5,12,16H,6-11H2,1-2H3. The van der Waals surface area contributed by atoms with Crippen molar-refractivity contribution in [3.05, 3.63) is 28.3 Å². The Bertz CT molecular complexity index is 485. The lowest BCUT2D eigenvalue weighted by Crippen LogP contribution is -2.30. The first-order valence-electron chi connectivity index (χ1n) is 7.35. The Hall–Kier alpha value is -1.82. The van der Waals surface area contributed by atoms with E-state index >= 15 is 0 Å². The van der Waals surface area contributed by atoms with Crippen molar-refractivity contribution in [1.82, 2.24) is 4.90 Å². The molecule has 0 saturated carbocycles. The van der Waals surface area contributed by atoms with Gasteiger partial charge >= 0.3 is 5.69 Å². The Morgan fingerprint density at radius 1 is 1.43 bits per heavy atom. The highest BCUT2D eigenvalue weighted by Gasteiger charge is 2.21. The molecule has 1 aliphatic heterocycles. The first-order valence-corrected chi connectivity index (χ1v) is 7.35. The number of hydrogen-bond acceptors (Lipinski definition) is 5. The van der Waals surface area contributed by atoms with E-state index in [4.69, 9.17) is 4.74 Å². The number of likely N-dealkylation sites (tertiary alicyclic amines) is 1. The van der Waals surface area contributed by atoms with Crippen LogP contribution in [0.4, 0.5) is 11.4 Å². The summed E-state index contributed by atoms with van der Waals surface area (Å²) >= 11 is 0. The maximum Gasteiger partial charge on any atom is 0.333 e. The molecule has 0 aromatic heterocycles. The summed E-state index contributed by atoms with van der Waals surface area (Å²) in [5.41, 5.74) is 0.552. The minimum atomic E-state index is -0.392. The molecule has 1 aliphatic rings. The summed E-state index contributed by atoms with van der Waals surface area (Å²) in [7, 11) is 3.60. The van der Waals surface area contributed by atoms with Crippen molar-refractivity contribution in [2.45, 2.75) is 19.3 Å². The molecular weight excluding hydrogens is 270 g/mol. The predicted octanol–water partition coefficient (Wildman–Crippen LogP) is 2.75. The van der Waals surface area contributed by atoms with Gasteiger partial charge in [-0.25, -0.2) is 0 Å². The Labute approximate surface area is 125 Å². The van der Waals surface area contributed by atoms with Gasteiger partial charge in [0.15, 0.2) is 5.75 Å². The van der Waals surface area contributed by atoms with E-state index in [0.29, 0.717) is 17.4 Å². The molecule has 0 bridgehead atoms. The zero-order chi connectivity index (χ0) is 15.2. The third-order valence-corrected chi connectivity index (χ3v) is 4.11. The number of hydrogen-bond donors (Lipinski definition) is 1. The van der Waals surface area contributed by atoms with Crippen LogP contribution < -0.4 is 10.1 Å². The highest BCUT2D eigenvalue weighted by molar-refractivity contribution is 5.68. The molecule has 116 valence electrons. The van der Waals surface area contributed by atoms with E-state index in [1.165, 1.54) is 20.0 Å². The van der Waals surface area contributed by atoms with Crippen LogP contribution in [0.1, 0.15) is 19.3 Å². The molecule has 0 radical (unpaired) electrons. The van der Waals surface area contributed by atoms with Crippen LogP contribution >= 0.6 is 0 Å². The number of piperidine rings is 1. The second-order valence-electron chi connectivity index (χ2n) is 5.58. The first kappa shape index (κ1) is 15.6. The summed E-state index contributed by atoms with van der Waals surface area (Å²) in [6, 6.07) is 5.11. The van der Waals surface area contributed by atoms with Crippen LogP contribution in [0.5, 0.6) is 5.75 Å². The van der Waals surface area contributed by atoms with Gasteiger partial charge in [0.05, 0.1) is 12.0 Å². The summed E-state index contributed by atoms with van der Waals surface area (Å²) in [5, 5.41) is 14.4. The maximum absolute atomic E-state index is 11.2. The highest BCUT2D eigenvalue weighted by atomic mass is 16.6. The number of anilines is 1. The number of benzene rings is 1. The van der Waals surface area contributed by atoms with Gasteiger partial charge in [0.1, 0.15) is 5.69 Å². The van der Waals surface area contributed by atoms with Crippen molar-refractivity contribution < 1.29 is 9.66 Å². The monoisotopic (exact) mass is 293 g/mol. The molecule has 0 spiro atoms. The van der Waals surface area contributed by atoms with Crippen molar-refractivity contribution >= 4 is 11.4 Å². The molecule has 1 aromatic rings. The molecule has 6 nitrogen and oxygen atoms in total. The molecule has 2 rings (SSSR count). The molecule has 1 aromatic carbocycles. The van der Waals surface area contributed by atoms with Gasteiger partial charge in [-0.05, 0) is 57.5 Å². The number of para-hydroxylation sites is 1. The first-order chi connectivity index (χ1) is 10.1. The molecule has 0 amide bonds. The zero-order valence-electron chi connectivity index (χ0n) is 12.7. The lowest BCUT2D eigenvalue weighted by Gasteiger charge is -2.28. The van der Waals surface area contributed by atoms with E-state index in [2.05, 4.69) is 17.3 Å². The van der Waals surface area contributed by atoms with Crippen molar-refractivity contribution in [1.29, 1.82) is 0 Å². The Kier molecular flexibility index (Phi) is 5.38. The van der Waals surface area contributed by atoms with Gasteiger partial charge in [-0.3, -0.25) is 10.1 Å². The number of nitro benzene ring substituents is 1. The molecule has 1 N–H and O–H groups in total. The Balaban J connectivity index is 1.92. The second-order valence-corrected chi connectivity index (χ2v) is 5.58. The molecule has 1 saturated heterocycles. The zero-order valence-corrected chi connectivity index (χ0v) is 12.7. The summed E-state index contributed by atoms with van der Waals surface area (Å²) in [4.78, 5) is 13.1. The number of ether oxygens (including phenoxy) is 1. The van der Waals surface area contributed by atoms with Gasteiger partial charge in [0.25, 0.3) is 0 Å². The summed E-state index contributed by atoms with van der Waals surface area (Å²) in [6.07, 6.45) is 3.46. The van der Waals surface area contributed by atoms with Crippen LogP contribution in [0.15, 0.2) is 18.2 Å². The fourth-order valence-corrected chi connectivity index (χ4v) is 2.78. The van der Waals surface area contributed by atoms with Crippen LogP contribution in [0, 0.1) is 16.0 Å². The van der Waals surface area contributed by atoms with E-state index in [1.807, 2.05) is 0 Å². The van der Waals surface area contributed by atoms with E-state index in [-0.39, 0.29) is 5.69 Å². The van der Waals surface area contributed by atoms with E-state index in [0.717, 1.165) is 26.1 Å². The molecule has 0 atom stereocenters. The van der Waals surface area contributed by atoms with E-state index in [1.54, 1.807) is 18.2 Å². The topological polar surface area (TPSA) is 67.6 Å². The lowest BCUT2D eigenvalue weighted by atomic mass is 9.94. The van der Waals surface area contributed by atoms with Gasteiger partial charge in [-0.15, -0.1) is 0 Å². The van der Waals surface area contributed by atoms with Crippen LogP contribution in [0.3, 0.4) is 0 Å². The third-order valence-electron chi connectivity index (χ3n) is 4.11. The van der Waals surface area contributed by atoms with Crippen LogP contribution in [-0.2, 0) is 0 Å². The molecule has 1 fully saturated rings. The Morgan fingerprint density at radius 3 is 2.76 bits per heavy atom. The minimum Gasteiger partial charge on any atom is -0.490 e. The summed E-state index contributed by atoms with van der Waals surface area (Å²) < 4.78 is 5.07. The van der Waals surface area contributed by atoms with Crippen LogP contribution in [0.2, 0.25) is 0 Å². The van der Waals surface area contributed by atoms with Crippen molar-refractivity contribution in [3.63, 3.8) is 0 Å². The van der Waals surface area contributed by atoms with Crippen LogP contribution in [0.25, 0.3) is 0 Å². The number of rotatable bonds is 6. The fraction of sp³-hybridized carbons (Fsp3) is 0.600. The fourth-order valence-electron chi connectivity index (χ4n) is 2.78. The number of nitrogens with one attached hydrogen (secondary N) is 1. The molecule has 21 heavy (non-hydrogen) atoms. The molecule has 0 unspecified atom stereocenters. The average molecular weight is 293 g/mol.